The molecule has 0 fully saturated rings. The molecule has 1 aliphatic rings. The molecule has 0 spiro atoms. The van der Waals surface area contributed by atoms with Gasteiger partial charge in [-0.2, -0.15) is 0 Å². The number of carbonyl (C=O) groups excluding carboxylic acids is 1. The van der Waals surface area contributed by atoms with Crippen LogP contribution in [0.2, 0.25) is 0 Å². The van der Waals surface area contributed by atoms with E-state index in [1.807, 2.05) is 0 Å². The van der Waals surface area contributed by atoms with Gasteiger partial charge in [0.25, 0.3) is 0 Å². The lowest BCUT2D eigenvalue weighted by atomic mass is 9.72. The molecule has 2 atom stereocenters. The number of rotatable bonds is 5. The summed E-state index contributed by atoms with van der Waals surface area (Å²) in [7, 11) is -1.51. The van der Waals surface area contributed by atoms with Crippen LogP contribution >= 0.6 is 11.6 Å². The molecule has 2 rings (SSSR count). The molecule has 124 valence electrons. The largest absolute Gasteiger partial charge is 0.547 e. The highest BCUT2D eigenvalue weighted by Crippen LogP contribution is 2.30. The van der Waals surface area contributed by atoms with E-state index in [2.05, 4.69) is 5.32 Å². The number of hydrogen-bond acceptors (Lipinski definition) is 4. The second-order valence-corrected chi connectivity index (χ2v) is 5.55. The van der Waals surface area contributed by atoms with Crippen molar-refractivity contribution in [2.45, 2.75) is 30.6 Å². The van der Waals surface area contributed by atoms with Crippen LogP contribution < -0.4 is 9.97 Å². The van der Waals surface area contributed by atoms with Gasteiger partial charge in [-0.15, -0.1) is 11.6 Å². The molecule has 3 N–H and O–H groups in total. The summed E-state index contributed by atoms with van der Waals surface area (Å²) in [5.74, 6) is -2.96. The number of amides is 1. The lowest BCUT2D eigenvalue weighted by molar-refractivity contribution is -0.121. The normalized spacial score (nSPS) is 18.1. The van der Waals surface area contributed by atoms with E-state index >= 15 is 0 Å². The molecule has 1 aromatic carbocycles. The first kappa shape index (κ1) is 17.5. The van der Waals surface area contributed by atoms with Crippen molar-refractivity contribution < 1.29 is 33.2 Å². The first-order valence-electron chi connectivity index (χ1n) is 6.72. The van der Waals surface area contributed by atoms with Crippen LogP contribution in [-0.2, 0) is 11.2 Å². The van der Waals surface area contributed by atoms with E-state index in [9.17, 15) is 23.4 Å². The molecule has 0 aliphatic carbocycles. The number of alkyl halides is 3. The summed E-state index contributed by atoms with van der Waals surface area (Å²) >= 11 is 5.57. The predicted octanol–water partition coefficient (Wildman–Crippen LogP) is 1.09. The minimum absolute atomic E-state index is 0.0213. The average molecular weight is 348 g/mol. The van der Waals surface area contributed by atoms with Gasteiger partial charge in [0, 0.05) is 6.42 Å². The molecule has 10 heteroatoms. The fraction of sp³-hybridized carbons (Fsp3) is 0.385. The van der Waals surface area contributed by atoms with Crippen molar-refractivity contribution in [1.82, 2.24) is 5.32 Å². The zero-order valence-electron chi connectivity index (χ0n) is 11.7. The number of nitrogens with one attached hydrogen (secondary N) is 1. The number of halogens is 3. The summed E-state index contributed by atoms with van der Waals surface area (Å²) in [5.41, 5.74) is 0.361. The third kappa shape index (κ3) is 4.11. The van der Waals surface area contributed by atoms with E-state index in [-0.39, 0.29) is 17.7 Å². The second kappa shape index (κ2) is 7.14. The van der Waals surface area contributed by atoms with Crippen LogP contribution in [-0.4, -0.2) is 46.9 Å². The maximum absolute atomic E-state index is 12.2. The maximum atomic E-state index is 12.2. The van der Waals surface area contributed by atoms with Crippen LogP contribution in [0, 0.1) is 0 Å². The van der Waals surface area contributed by atoms with Crippen LogP contribution in [0.3, 0.4) is 0 Å². The molecule has 23 heavy (non-hydrogen) atoms. The van der Waals surface area contributed by atoms with E-state index < -0.39 is 43.2 Å². The summed E-state index contributed by atoms with van der Waals surface area (Å²) in [6.07, 6.45) is -3.45. The Morgan fingerprint density at radius 3 is 2.78 bits per heavy atom. The average Bonchev–Trinajstić information content (AvgIpc) is 2.46. The lowest BCUT2D eigenvalue weighted by Crippen LogP contribution is -2.54. The molecule has 0 saturated carbocycles. The molecular formula is C13H13BClF2NO5. The molecule has 1 unspecified atom stereocenters. The van der Waals surface area contributed by atoms with Gasteiger partial charge in [0.1, 0.15) is 11.1 Å². The number of fused-ring (bicyclic) bond motifs is 1. The van der Waals surface area contributed by atoms with E-state index in [0.29, 0.717) is 5.56 Å². The first-order chi connectivity index (χ1) is 10.8. The Morgan fingerprint density at radius 2 is 2.17 bits per heavy atom. The van der Waals surface area contributed by atoms with E-state index in [1.54, 1.807) is 6.07 Å². The Labute approximate surface area is 135 Å². The summed E-state index contributed by atoms with van der Waals surface area (Å²) in [6, 6.07) is 4.41. The first-order valence-corrected chi connectivity index (χ1v) is 7.15. The van der Waals surface area contributed by atoms with Gasteiger partial charge in [0.05, 0.1) is 11.5 Å². The summed E-state index contributed by atoms with van der Waals surface area (Å²) in [5, 5.41) is 19.9. The van der Waals surface area contributed by atoms with Crippen molar-refractivity contribution in [3.05, 3.63) is 29.3 Å². The molecule has 1 aromatic rings. The van der Waals surface area contributed by atoms with Gasteiger partial charge in [-0.05, 0) is 18.1 Å². The minimum atomic E-state index is -2.73. The Bertz CT molecular complexity index is 618. The van der Waals surface area contributed by atoms with Crippen LogP contribution in [0.25, 0.3) is 0 Å². The number of carbonyl (C=O) groups is 2. The van der Waals surface area contributed by atoms with Crippen molar-refractivity contribution in [2.75, 3.05) is 0 Å². The maximum Gasteiger partial charge on any atom is 0.547 e. The molecular weight excluding hydrogens is 334 g/mol. The Kier molecular flexibility index (Phi) is 5.43. The van der Waals surface area contributed by atoms with Gasteiger partial charge >= 0.3 is 13.1 Å². The highest BCUT2D eigenvalue weighted by atomic mass is 35.5. The quantitative estimate of drug-likeness (QED) is 0.547. The second-order valence-electron chi connectivity index (χ2n) is 5.02. The van der Waals surface area contributed by atoms with Crippen LogP contribution in [0.5, 0.6) is 5.75 Å². The van der Waals surface area contributed by atoms with Gasteiger partial charge in [0.15, 0.2) is 0 Å². The number of carboxylic acid groups (broad SMARTS) is 1. The van der Waals surface area contributed by atoms with Crippen molar-refractivity contribution in [3.8, 4) is 5.75 Å². The van der Waals surface area contributed by atoms with E-state index in [4.69, 9.17) is 21.4 Å². The van der Waals surface area contributed by atoms with Crippen molar-refractivity contribution in [2.24, 2.45) is 0 Å². The minimum Gasteiger partial charge on any atom is -0.534 e. The SMILES string of the molecule is O=C(O)c1cccc2c1OB(O)[C@@H](NC(=O)C(Cl)CC(F)F)C2. The third-order valence-corrected chi connectivity index (χ3v) is 3.72. The summed E-state index contributed by atoms with van der Waals surface area (Å²) < 4.78 is 29.6. The number of benzene rings is 1. The molecule has 6 nitrogen and oxygen atoms in total. The molecule has 0 radical (unpaired) electrons. The Balaban J connectivity index is 2.11. The van der Waals surface area contributed by atoms with Gasteiger partial charge in [0.2, 0.25) is 12.3 Å². The van der Waals surface area contributed by atoms with E-state index in [1.165, 1.54) is 12.1 Å². The molecule has 0 aromatic heterocycles. The third-order valence-electron chi connectivity index (χ3n) is 3.35. The fourth-order valence-corrected chi connectivity index (χ4v) is 2.45. The molecule has 0 bridgehead atoms. The standard InChI is InChI=1S/C13H13BClF2NO5/c15-8(5-10(16)17)12(19)18-9-4-6-2-1-3-7(13(20)21)11(6)23-14(9)22/h1-3,8-10,22H,4-5H2,(H,18,19)(H,20,21)/t8?,9-/m0/s1. The predicted molar refractivity (Wildman–Crippen MR) is 77.9 cm³/mol. The topological polar surface area (TPSA) is 95.9 Å². The lowest BCUT2D eigenvalue weighted by Gasteiger charge is -2.29. The number of aromatic carboxylic acids is 1. The fourth-order valence-electron chi connectivity index (χ4n) is 2.25. The molecule has 1 amide bonds. The smallest absolute Gasteiger partial charge is 0.534 e. The van der Waals surface area contributed by atoms with E-state index in [0.717, 1.165) is 0 Å². The number of carboxylic acids is 1. The monoisotopic (exact) mass is 347 g/mol. The molecule has 0 saturated heterocycles. The summed E-state index contributed by atoms with van der Waals surface area (Å²) in [4.78, 5) is 22.9. The zero-order chi connectivity index (χ0) is 17.1. The van der Waals surface area contributed by atoms with Gasteiger partial charge < -0.3 is 20.1 Å². The van der Waals surface area contributed by atoms with Crippen LogP contribution in [0.15, 0.2) is 18.2 Å². The Hall–Kier alpha value is -1.87. The number of hydrogen-bond donors (Lipinski definition) is 3. The van der Waals surface area contributed by atoms with Crippen molar-refractivity contribution in [1.29, 1.82) is 0 Å². The van der Waals surface area contributed by atoms with Crippen LogP contribution in [0.4, 0.5) is 8.78 Å². The molecule has 1 aliphatic heterocycles. The van der Waals surface area contributed by atoms with Gasteiger partial charge in [-0.25, -0.2) is 13.6 Å². The number of para-hydroxylation sites is 1. The van der Waals surface area contributed by atoms with Crippen molar-refractivity contribution >= 4 is 30.6 Å². The Morgan fingerprint density at radius 1 is 1.48 bits per heavy atom. The van der Waals surface area contributed by atoms with Crippen LogP contribution in [0.1, 0.15) is 22.3 Å². The zero-order valence-corrected chi connectivity index (χ0v) is 12.5. The highest BCUT2D eigenvalue weighted by molar-refractivity contribution is 6.47. The van der Waals surface area contributed by atoms with Crippen molar-refractivity contribution in [3.63, 3.8) is 0 Å². The van der Waals surface area contributed by atoms with Gasteiger partial charge in [-0.1, -0.05) is 12.1 Å². The summed E-state index contributed by atoms with van der Waals surface area (Å²) in [6.45, 7) is 0. The van der Waals surface area contributed by atoms with Gasteiger partial charge in [-0.3, -0.25) is 4.79 Å². The highest BCUT2D eigenvalue weighted by Gasteiger charge is 2.38. The molecule has 1 heterocycles.